The summed E-state index contributed by atoms with van der Waals surface area (Å²) in [6.45, 7) is 5.41. The van der Waals surface area contributed by atoms with Crippen LogP contribution < -0.4 is 0 Å². The highest BCUT2D eigenvalue weighted by Gasteiger charge is 2.31. The highest BCUT2D eigenvalue weighted by Crippen LogP contribution is 2.19. The maximum absolute atomic E-state index is 11.7. The Bertz CT molecular complexity index is 293. The van der Waals surface area contributed by atoms with Crippen LogP contribution in [-0.4, -0.2) is 49.7 Å². The van der Waals surface area contributed by atoms with Crippen molar-refractivity contribution >= 4 is 11.9 Å². The molecule has 1 aliphatic heterocycles. The van der Waals surface area contributed by atoms with Crippen LogP contribution in [0.1, 0.15) is 33.1 Å². The minimum absolute atomic E-state index is 0.202. The Labute approximate surface area is 108 Å². The van der Waals surface area contributed by atoms with Crippen molar-refractivity contribution in [3.8, 4) is 0 Å². The molecular formula is C13H23NO4. The maximum atomic E-state index is 11.7. The molecule has 0 radical (unpaired) electrons. The quantitative estimate of drug-likeness (QED) is 0.693. The van der Waals surface area contributed by atoms with E-state index in [-0.39, 0.29) is 23.9 Å². The zero-order chi connectivity index (χ0) is 13.5. The van der Waals surface area contributed by atoms with E-state index >= 15 is 0 Å². The summed E-state index contributed by atoms with van der Waals surface area (Å²) in [6.07, 6.45) is 2.90. The fourth-order valence-corrected chi connectivity index (χ4v) is 2.32. The van der Waals surface area contributed by atoms with Gasteiger partial charge in [-0.2, -0.15) is 0 Å². The molecule has 0 aromatic heterocycles. The Morgan fingerprint density at radius 3 is 2.72 bits per heavy atom. The fraction of sp³-hybridized carbons (Fsp3) is 0.846. The Morgan fingerprint density at radius 1 is 1.39 bits per heavy atom. The van der Waals surface area contributed by atoms with Gasteiger partial charge in [-0.3, -0.25) is 14.5 Å². The molecule has 1 rings (SSSR count). The molecule has 1 heterocycles. The molecule has 18 heavy (non-hydrogen) atoms. The van der Waals surface area contributed by atoms with E-state index in [9.17, 15) is 9.59 Å². The molecule has 5 nitrogen and oxygen atoms in total. The number of hydrogen-bond donors (Lipinski definition) is 0. The van der Waals surface area contributed by atoms with Crippen molar-refractivity contribution in [3.05, 3.63) is 0 Å². The number of rotatable bonds is 5. The highest BCUT2D eigenvalue weighted by atomic mass is 16.5. The molecule has 0 aromatic carbocycles. The molecule has 0 aromatic rings. The number of carbonyl (C=O) groups excluding carboxylic acids is 2. The van der Waals surface area contributed by atoms with E-state index < -0.39 is 0 Å². The summed E-state index contributed by atoms with van der Waals surface area (Å²) in [4.78, 5) is 25.3. The molecule has 1 aliphatic rings. The van der Waals surface area contributed by atoms with Crippen molar-refractivity contribution in [3.63, 3.8) is 0 Å². The monoisotopic (exact) mass is 257 g/mol. The van der Waals surface area contributed by atoms with Gasteiger partial charge in [-0.05, 0) is 26.3 Å². The lowest BCUT2D eigenvalue weighted by molar-refractivity contribution is -0.153. The van der Waals surface area contributed by atoms with Crippen LogP contribution >= 0.6 is 0 Å². The number of likely N-dealkylation sites (tertiary alicyclic amines) is 1. The van der Waals surface area contributed by atoms with E-state index in [1.165, 1.54) is 7.11 Å². The van der Waals surface area contributed by atoms with Crippen molar-refractivity contribution in [1.29, 1.82) is 0 Å². The third-order valence-electron chi connectivity index (χ3n) is 3.28. The Kier molecular flexibility index (Phi) is 6.12. The summed E-state index contributed by atoms with van der Waals surface area (Å²) in [5, 5.41) is 0. The average molecular weight is 257 g/mol. The van der Waals surface area contributed by atoms with E-state index in [1.807, 2.05) is 11.8 Å². The molecule has 0 N–H and O–H groups in total. The Hall–Kier alpha value is -1.10. The number of esters is 2. The number of carbonyl (C=O) groups is 2. The second kappa shape index (κ2) is 7.36. The topological polar surface area (TPSA) is 55.8 Å². The maximum Gasteiger partial charge on any atom is 0.323 e. The lowest BCUT2D eigenvalue weighted by Crippen LogP contribution is -2.47. The number of piperidine rings is 1. The van der Waals surface area contributed by atoms with Gasteiger partial charge >= 0.3 is 11.9 Å². The molecule has 0 bridgehead atoms. The van der Waals surface area contributed by atoms with Gasteiger partial charge in [0.25, 0.3) is 0 Å². The summed E-state index contributed by atoms with van der Waals surface area (Å²) < 4.78 is 9.80. The Morgan fingerprint density at radius 2 is 2.11 bits per heavy atom. The summed E-state index contributed by atoms with van der Waals surface area (Å²) in [5.74, 6) is -0.618. The number of nitrogens with zero attached hydrogens (tertiary/aromatic N) is 1. The molecule has 104 valence electrons. The van der Waals surface area contributed by atoms with Crippen molar-refractivity contribution in [2.24, 2.45) is 5.92 Å². The van der Waals surface area contributed by atoms with Gasteiger partial charge in [0.2, 0.25) is 0 Å². The van der Waals surface area contributed by atoms with Crippen LogP contribution in [0.2, 0.25) is 0 Å². The first-order valence-corrected chi connectivity index (χ1v) is 6.58. The third-order valence-corrected chi connectivity index (χ3v) is 3.28. The van der Waals surface area contributed by atoms with Crippen molar-refractivity contribution in [2.75, 3.05) is 26.8 Å². The minimum atomic E-state index is -0.213. The van der Waals surface area contributed by atoms with E-state index in [4.69, 9.17) is 9.47 Å². The minimum Gasteiger partial charge on any atom is -0.468 e. The molecule has 0 spiro atoms. The molecule has 1 fully saturated rings. The second-order valence-electron chi connectivity index (χ2n) is 4.68. The largest absolute Gasteiger partial charge is 0.468 e. The first-order chi connectivity index (χ1) is 8.60. The molecule has 5 heteroatoms. The SMILES string of the molecule is CCOC(=O)C(C)CN1CCCC[C@@H]1C(=O)OC. The summed E-state index contributed by atoms with van der Waals surface area (Å²) >= 11 is 0. The molecule has 1 unspecified atom stereocenters. The summed E-state index contributed by atoms with van der Waals surface area (Å²) in [5.41, 5.74) is 0. The van der Waals surface area contributed by atoms with Crippen LogP contribution in [0.4, 0.5) is 0 Å². The Balaban J connectivity index is 2.56. The molecule has 0 amide bonds. The van der Waals surface area contributed by atoms with Gasteiger partial charge in [-0.25, -0.2) is 0 Å². The smallest absolute Gasteiger partial charge is 0.323 e. The molecular weight excluding hydrogens is 234 g/mol. The summed E-state index contributed by atoms with van der Waals surface area (Å²) in [7, 11) is 1.41. The van der Waals surface area contributed by atoms with Crippen LogP contribution in [0.5, 0.6) is 0 Å². The van der Waals surface area contributed by atoms with Crippen LogP contribution in [0.25, 0.3) is 0 Å². The second-order valence-corrected chi connectivity index (χ2v) is 4.68. The standard InChI is InChI=1S/C13H23NO4/c1-4-18-12(15)10(2)9-14-8-6-5-7-11(14)13(16)17-3/h10-11H,4-9H2,1-3H3/t10?,11-/m1/s1. The fourth-order valence-electron chi connectivity index (χ4n) is 2.32. The normalized spacial score (nSPS) is 22.3. The first kappa shape index (κ1) is 15.0. The van der Waals surface area contributed by atoms with Crippen LogP contribution in [0.15, 0.2) is 0 Å². The number of ether oxygens (including phenoxy) is 2. The first-order valence-electron chi connectivity index (χ1n) is 6.58. The van der Waals surface area contributed by atoms with Gasteiger partial charge in [0.15, 0.2) is 0 Å². The lowest BCUT2D eigenvalue weighted by Gasteiger charge is -2.34. The van der Waals surface area contributed by atoms with Crippen molar-refractivity contribution in [1.82, 2.24) is 4.90 Å². The zero-order valence-corrected chi connectivity index (χ0v) is 11.5. The zero-order valence-electron chi connectivity index (χ0n) is 11.5. The van der Waals surface area contributed by atoms with E-state index in [1.54, 1.807) is 6.92 Å². The van der Waals surface area contributed by atoms with Crippen LogP contribution in [0, 0.1) is 5.92 Å². The average Bonchev–Trinajstić information content (AvgIpc) is 2.38. The van der Waals surface area contributed by atoms with Crippen molar-refractivity contribution < 1.29 is 19.1 Å². The molecule has 0 saturated carbocycles. The predicted octanol–water partition coefficient (Wildman–Crippen LogP) is 1.21. The molecule has 2 atom stereocenters. The van der Waals surface area contributed by atoms with Gasteiger partial charge in [0, 0.05) is 6.54 Å². The van der Waals surface area contributed by atoms with Gasteiger partial charge in [-0.1, -0.05) is 13.3 Å². The van der Waals surface area contributed by atoms with E-state index in [0.717, 1.165) is 25.8 Å². The number of hydrogen-bond acceptors (Lipinski definition) is 5. The van der Waals surface area contributed by atoms with Gasteiger partial charge in [-0.15, -0.1) is 0 Å². The van der Waals surface area contributed by atoms with Gasteiger partial charge in [0.05, 0.1) is 19.6 Å². The van der Waals surface area contributed by atoms with Crippen LogP contribution in [0.3, 0.4) is 0 Å². The lowest BCUT2D eigenvalue weighted by atomic mass is 10.0. The third kappa shape index (κ3) is 3.98. The predicted molar refractivity (Wildman–Crippen MR) is 67.0 cm³/mol. The van der Waals surface area contributed by atoms with Gasteiger partial charge < -0.3 is 9.47 Å². The van der Waals surface area contributed by atoms with E-state index in [0.29, 0.717) is 13.2 Å². The van der Waals surface area contributed by atoms with Crippen molar-refractivity contribution in [2.45, 2.75) is 39.2 Å². The van der Waals surface area contributed by atoms with E-state index in [2.05, 4.69) is 0 Å². The number of methoxy groups -OCH3 is 1. The van der Waals surface area contributed by atoms with Gasteiger partial charge in [0.1, 0.15) is 6.04 Å². The molecule has 1 saturated heterocycles. The van der Waals surface area contributed by atoms with Crippen LogP contribution in [-0.2, 0) is 19.1 Å². The summed E-state index contributed by atoms with van der Waals surface area (Å²) in [6, 6.07) is -0.208. The highest BCUT2D eigenvalue weighted by molar-refractivity contribution is 5.76. The molecule has 0 aliphatic carbocycles.